The lowest BCUT2D eigenvalue weighted by Crippen LogP contribution is -2.12. The van der Waals surface area contributed by atoms with E-state index in [1.165, 1.54) is 0 Å². The van der Waals surface area contributed by atoms with E-state index in [4.69, 9.17) is 5.26 Å². The number of carbonyl (C=O) groups excluding carboxylic acids is 1. The molecule has 0 bridgehead atoms. The highest BCUT2D eigenvalue weighted by Gasteiger charge is 2.22. The van der Waals surface area contributed by atoms with Gasteiger partial charge in [0.2, 0.25) is 0 Å². The molecule has 1 aromatic rings. The van der Waals surface area contributed by atoms with Crippen LogP contribution in [0, 0.1) is 31.1 Å². The highest BCUT2D eigenvalue weighted by atomic mass is 16.1. The van der Waals surface area contributed by atoms with Gasteiger partial charge in [-0.1, -0.05) is 6.92 Å². The Morgan fingerprint density at radius 2 is 2.20 bits per heavy atom. The predicted octanol–water partition coefficient (Wildman–Crippen LogP) is 1.77. The third-order valence-corrected chi connectivity index (χ3v) is 2.60. The molecule has 0 radical (unpaired) electrons. The number of carbonyl (C=O) groups is 1. The van der Waals surface area contributed by atoms with E-state index in [1.807, 2.05) is 27.0 Å². The van der Waals surface area contributed by atoms with Crippen molar-refractivity contribution in [3.05, 3.63) is 17.0 Å². The molecule has 1 aromatic heterocycles. The Hall–Kier alpha value is -1.63. The number of aromatic nitrogens is 2. The molecule has 0 saturated carbocycles. The first-order valence-electron chi connectivity index (χ1n) is 4.90. The topological polar surface area (TPSA) is 58.7 Å². The molecule has 1 unspecified atom stereocenters. The molecule has 0 amide bonds. The number of hydrogen-bond donors (Lipinski definition) is 0. The second-order valence-electron chi connectivity index (χ2n) is 3.80. The number of Topliss-reactive ketones (excluding diaryl/α,β-unsaturated/α-hetero) is 1. The lowest BCUT2D eigenvalue weighted by Gasteiger charge is -2.06. The smallest absolute Gasteiger partial charge is 0.170 e. The summed E-state index contributed by atoms with van der Waals surface area (Å²) in [6.45, 7) is 5.46. The van der Waals surface area contributed by atoms with Crippen LogP contribution >= 0.6 is 0 Å². The second kappa shape index (κ2) is 4.26. The molecule has 4 nitrogen and oxygen atoms in total. The summed E-state index contributed by atoms with van der Waals surface area (Å²) >= 11 is 0. The van der Waals surface area contributed by atoms with Crippen LogP contribution in [0.5, 0.6) is 0 Å². The van der Waals surface area contributed by atoms with Crippen molar-refractivity contribution in [1.29, 1.82) is 5.26 Å². The zero-order valence-corrected chi connectivity index (χ0v) is 9.53. The van der Waals surface area contributed by atoms with Crippen molar-refractivity contribution < 1.29 is 4.79 Å². The van der Waals surface area contributed by atoms with Crippen molar-refractivity contribution in [2.45, 2.75) is 27.2 Å². The maximum absolute atomic E-state index is 12.0. The van der Waals surface area contributed by atoms with Crippen LogP contribution in [0.25, 0.3) is 0 Å². The Morgan fingerprint density at radius 3 is 2.60 bits per heavy atom. The summed E-state index contributed by atoms with van der Waals surface area (Å²) in [5.41, 5.74) is 2.27. The summed E-state index contributed by atoms with van der Waals surface area (Å²) in [5, 5.41) is 12.7. The highest BCUT2D eigenvalue weighted by molar-refractivity contribution is 5.99. The number of ketones is 1. The average molecular weight is 205 g/mol. The van der Waals surface area contributed by atoms with Gasteiger partial charge in [0.15, 0.2) is 5.78 Å². The zero-order chi connectivity index (χ0) is 11.6. The quantitative estimate of drug-likeness (QED) is 0.706. The van der Waals surface area contributed by atoms with Gasteiger partial charge >= 0.3 is 0 Å². The first-order valence-corrected chi connectivity index (χ1v) is 4.90. The molecule has 0 fully saturated rings. The summed E-state index contributed by atoms with van der Waals surface area (Å²) in [4.78, 5) is 12.0. The van der Waals surface area contributed by atoms with Gasteiger partial charge < -0.3 is 0 Å². The van der Waals surface area contributed by atoms with Gasteiger partial charge in [0.1, 0.15) is 0 Å². The molecule has 0 aliphatic rings. The highest BCUT2D eigenvalue weighted by Crippen LogP contribution is 2.18. The van der Waals surface area contributed by atoms with Crippen LogP contribution in [0.3, 0.4) is 0 Å². The van der Waals surface area contributed by atoms with Crippen LogP contribution in [0.1, 0.15) is 35.1 Å². The monoisotopic (exact) mass is 205 g/mol. The molecule has 80 valence electrons. The minimum atomic E-state index is -0.253. The molecule has 0 aliphatic heterocycles. The SMILES string of the molecule is Cc1nn(C)c(C)c1C(=O)C(C)CC#N. The summed E-state index contributed by atoms with van der Waals surface area (Å²) in [6.07, 6.45) is 0.257. The Balaban J connectivity index is 3.07. The van der Waals surface area contributed by atoms with Crippen molar-refractivity contribution in [1.82, 2.24) is 9.78 Å². The largest absolute Gasteiger partial charge is 0.294 e. The summed E-state index contributed by atoms with van der Waals surface area (Å²) in [6, 6.07) is 2.02. The lowest BCUT2D eigenvalue weighted by molar-refractivity contribution is 0.0930. The van der Waals surface area contributed by atoms with Crippen LogP contribution in [-0.4, -0.2) is 15.6 Å². The van der Waals surface area contributed by atoms with E-state index in [2.05, 4.69) is 5.10 Å². The second-order valence-corrected chi connectivity index (χ2v) is 3.80. The maximum Gasteiger partial charge on any atom is 0.170 e. The van der Waals surface area contributed by atoms with E-state index < -0.39 is 0 Å². The van der Waals surface area contributed by atoms with Gasteiger partial charge in [-0.25, -0.2) is 0 Å². The summed E-state index contributed by atoms with van der Waals surface area (Å²) in [7, 11) is 1.81. The average Bonchev–Trinajstić information content (AvgIpc) is 2.41. The van der Waals surface area contributed by atoms with Crippen molar-refractivity contribution in [2.24, 2.45) is 13.0 Å². The molecule has 0 aromatic carbocycles. The molecular weight excluding hydrogens is 190 g/mol. The van der Waals surface area contributed by atoms with Gasteiger partial charge in [0, 0.05) is 25.1 Å². The van der Waals surface area contributed by atoms with Gasteiger partial charge in [0.25, 0.3) is 0 Å². The van der Waals surface area contributed by atoms with E-state index >= 15 is 0 Å². The van der Waals surface area contributed by atoms with E-state index in [0.29, 0.717) is 5.56 Å². The number of nitriles is 1. The van der Waals surface area contributed by atoms with E-state index in [-0.39, 0.29) is 18.1 Å². The summed E-state index contributed by atoms with van der Waals surface area (Å²) in [5.74, 6) is -0.240. The predicted molar refractivity (Wildman–Crippen MR) is 56.4 cm³/mol. The molecule has 1 atom stereocenters. The fourth-order valence-corrected chi connectivity index (χ4v) is 1.61. The Morgan fingerprint density at radius 1 is 1.60 bits per heavy atom. The lowest BCUT2D eigenvalue weighted by atomic mass is 9.96. The summed E-state index contributed by atoms with van der Waals surface area (Å²) < 4.78 is 1.70. The Bertz CT molecular complexity index is 426. The molecule has 15 heavy (non-hydrogen) atoms. The third kappa shape index (κ3) is 2.07. The van der Waals surface area contributed by atoms with Crippen molar-refractivity contribution in [3.8, 4) is 6.07 Å². The number of aryl methyl sites for hydroxylation is 2. The maximum atomic E-state index is 12.0. The van der Waals surface area contributed by atoms with Gasteiger partial charge in [-0.15, -0.1) is 0 Å². The number of hydrogen-bond acceptors (Lipinski definition) is 3. The van der Waals surface area contributed by atoms with Crippen LogP contribution in [0.2, 0.25) is 0 Å². The van der Waals surface area contributed by atoms with Crippen LogP contribution in [-0.2, 0) is 7.05 Å². The third-order valence-electron chi connectivity index (χ3n) is 2.60. The standard InChI is InChI=1S/C11H15N3O/c1-7(5-6-12)11(15)10-8(2)13-14(4)9(10)3/h7H,5H2,1-4H3. The van der Waals surface area contributed by atoms with Gasteiger partial charge in [-0.2, -0.15) is 10.4 Å². The van der Waals surface area contributed by atoms with Crippen molar-refractivity contribution in [3.63, 3.8) is 0 Å². The Kier molecular flexibility index (Phi) is 3.25. The van der Waals surface area contributed by atoms with Crippen LogP contribution in [0.15, 0.2) is 0 Å². The zero-order valence-electron chi connectivity index (χ0n) is 9.53. The Labute approximate surface area is 89.5 Å². The first kappa shape index (κ1) is 11.4. The van der Waals surface area contributed by atoms with Crippen LogP contribution < -0.4 is 0 Å². The number of nitrogens with zero attached hydrogens (tertiary/aromatic N) is 3. The molecule has 0 aliphatic carbocycles. The number of rotatable bonds is 3. The van der Waals surface area contributed by atoms with E-state index in [0.717, 1.165) is 11.4 Å². The molecule has 1 rings (SSSR count). The first-order chi connectivity index (χ1) is 6.99. The van der Waals surface area contributed by atoms with E-state index in [9.17, 15) is 4.79 Å². The minimum Gasteiger partial charge on any atom is -0.294 e. The molecule has 0 spiro atoms. The normalized spacial score (nSPS) is 12.2. The van der Waals surface area contributed by atoms with Crippen molar-refractivity contribution in [2.75, 3.05) is 0 Å². The molecule has 0 N–H and O–H groups in total. The van der Waals surface area contributed by atoms with Crippen LogP contribution in [0.4, 0.5) is 0 Å². The van der Waals surface area contributed by atoms with Gasteiger partial charge in [-0.3, -0.25) is 9.48 Å². The van der Waals surface area contributed by atoms with Gasteiger partial charge in [-0.05, 0) is 13.8 Å². The molecule has 0 saturated heterocycles. The van der Waals surface area contributed by atoms with E-state index in [1.54, 1.807) is 11.6 Å². The van der Waals surface area contributed by atoms with Gasteiger partial charge in [0.05, 0.1) is 17.3 Å². The van der Waals surface area contributed by atoms with Crippen molar-refractivity contribution >= 4 is 5.78 Å². The molecule has 1 heterocycles. The minimum absolute atomic E-state index is 0.0136. The fourth-order valence-electron chi connectivity index (χ4n) is 1.61. The molecule has 4 heteroatoms. The molecular formula is C11H15N3O. The fraction of sp³-hybridized carbons (Fsp3) is 0.545.